The summed E-state index contributed by atoms with van der Waals surface area (Å²) in [6.07, 6.45) is 6.12. The van der Waals surface area contributed by atoms with Crippen LogP contribution in [0.3, 0.4) is 0 Å². The van der Waals surface area contributed by atoms with Gasteiger partial charge in [-0.25, -0.2) is 0 Å². The monoisotopic (exact) mass is 536 g/mol. The van der Waals surface area contributed by atoms with Crippen LogP contribution in [0, 0.1) is 5.92 Å². The predicted octanol–water partition coefficient (Wildman–Crippen LogP) is 3.33. The van der Waals surface area contributed by atoms with E-state index in [0.717, 1.165) is 64.2 Å². The van der Waals surface area contributed by atoms with E-state index in [1.165, 1.54) is 37.2 Å². The quantitative estimate of drug-likeness (QED) is 0.208. The largest absolute Gasteiger partial charge is 0.379 e. The van der Waals surface area contributed by atoms with Crippen LogP contribution in [0.1, 0.15) is 37.0 Å². The molecule has 29 heavy (non-hydrogen) atoms. The average molecular weight is 537 g/mol. The lowest BCUT2D eigenvalue weighted by molar-refractivity contribution is 0.0168. The molecule has 2 fully saturated rings. The smallest absolute Gasteiger partial charge is 0.190 e. The van der Waals surface area contributed by atoms with Crippen LogP contribution in [0.4, 0.5) is 0 Å². The van der Waals surface area contributed by atoms with Crippen molar-refractivity contribution in [1.29, 1.82) is 0 Å². The van der Waals surface area contributed by atoms with Crippen molar-refractivity contribution in [2.45, 2.75) is 44.8 Å². The number of rotatable bonds is 10. The van der Waals surface area contributed by atoms with Crippen molar-refractivity contribution in [3.05, 3.63) is 22.4 Å². The first-order valence-electron chi connectivity index (χ1n) is 10.7. The summed E-state index contributed by atoms with van der Waals surface area (Å²) in [5.74, 6) is 1.63. The molecule has 3 rings (SSSR count). The van der Waals surface area contributed by atoms with E-state index in [4.69, 9.17) is 9.47 Å². The van der Waals surface area contributed by atoms with E-state index in [1.807, 2.05) is 18.4 Å². The minimum atomic E-state index is 0. The molecule has 1 unspecified atom stereocenters. The zero-order valence-corrected chi connectivity index (χ0v) is 20.8. The molecule has 2 aliphatic heterocycles. The Bertz CT molecular complexity index is 559. The lowest BCUT2D eigenvalue weighted by Gasteiger charge is -2.32. The van der Waals surface area contributed by atoms with Crippen molar-refractivity contribution in [3.63, 3.8) is 0 Å². The molecule has 2 aliphatic rings. The van der Waals surface area contributed by atoms with Gasteiger partial charge in [0.05, 0.1) is 12.7 Å². The number of halogens is 1. The maximum atomic E-state index is 5.71. The Hall–Kier alpha value is -0.420. The van der Waals surface area contributed by atoms with E-state index >= 15 is 0 Å². The van der Waals surface area contributed by atoms with Gasteiger partial charge >= 0.3 is 0 Å². The van der Waals surface area contributed by atoms with Gasteiger partial charge in [0, 0.05) is 44.8 Å². The van der Waals surface area contributed by atoms with Gasteiger partial charge in [-0.05, 0) is 62.6 Å². The van der Waals surface area contributed by atoms with E-state index < -0.39 is 0 Å². The molecule has 3 heterocycles. The molecule has 1 atom stereocenters. The second-order valence-electron chi connectivity index (χ2n) is 7.74. The number of aliphatic imine (C=N–C) groups is 1. The van der Waals surface area contributed by atoms with Gasteiger partial charge < -0.3 is 20.1 Å². The Morgan fingerprint density at radius 2 is 2.17 bits per heavy atom. The number of nitrogens with one attached hydrogen (secondary N) is 2. The lowest BCUT2D eigenvalue weighted by atomic mass is 9.97. The number of hydrogen-bond acceptors (Lipinski definition) is 5. The number of piperidine rings is 1. The van der Waals surface area contributed by atoms with E-state index in [2.05, 4.69) is 38.0 Å². The number of nitrogens with zero attached hydrogens (tertiary/aromatic N) is 2. The molecule has 1 aromatic rings. The topological polar surface area (TPSA) is 58.1 Å². The van der Waals surface area contributed by atoms with Crippen LogP contribution < -0.4 is 10.6 Å². The van der Waals surface area contributed by atoms with Crippen LogP contribution >= 0.6 is 35.3 Å². The molecule has 0 spiro atoms. The summed E-state index contributed by atoms with van der Waals surface area (Å²) in [5.41, 5.74) is 0. The summed E-state index contributed by atoms with van der Waals surface area (Å²) in [5, 5.41) is 9.06. The third kappa shape index (κ3) is 9.50. The minimum Gasteiger partial charge on any atom is -0.379 e. The summed E-state index contributed by atoms with van der Waals surface area (Å²) >= 11 is 1.86. The molecule has 0 aromatic carbocycles. The number of thiophene rings is 1. The van der Waals surface area contributed by atoms with E-state index in [1.54, 1.807) is 0 Å². The van der Waals surface area contributed by atoms with Gasteiger partial charge in [0.25, 0.3) is 0 Å². The van der Waals surface area contributed by atoms with Gasteiger partial charge in [0.1, 0.15) is 0 Å². The Balaban J connectivity index is 0.00000300. The molecule has 6 nitrogen and oxygen atoms in total. The molecular formula is C21H37IN4O2S. The molecule has 0 aliphatic carbocycles. The molecule has 0 bridgehead atoms. The second kappa shape index (κ2) is 14.6. The summed E-state index contributed by atoms with van der Waals surface area (Å²) in [4.78, 5) is 8.39. The standard InChI is InChI=1S/C21H36N4O2S.HI/c1-22-21(23-9-4-12-26-17-19-5-2-13-27-19)24-15-18-7-10-25(11-8-18)16-20-6-3-14-28-20;/h3,6,14,18-19H,2,4-5,7-13,15-17H2,1H3,(H2,22,23,24);1H. The lowest BCUT2D eigenvalue weighted by Crippen LogP contribution is -2.43. The molecule has 8 heteroatoms. The normalized spacial score (nSPS) is 21.1. The van der Waals surface area contributed by atoms with Crippen molar-refractivity contribution in [2.24, 2.45) is 10.9 Å². The van der Waals surface area contributed by atoms with Gasteiger partial charge in [-0.1, -0.05) is 6.07 Å². The van der Waals surface area contributed by atoms with Gasteiger partial charge in [-0.3, -0.25) is 9.89 Å². The SMILES string of the molecule is CN=C(NCCCOCC1CCCO1)NCC1CCN(Cc2cccs2)CC1.I. The predicted molar refractivity (Wildman–Crippen MR) is 132 cm³/mol. The van der Waals surface area contributed by atoms with E-state index in [-0.39, 0.29) is 24.0 Å². The number of hydrogen-bond donors (Lipinski definition) is 2. The van der Waals surface area contributed by atoms with Crippen LogP contribution in [0.2, 0.25) is 0 Å². The summed E-state index contributed by atoms with van der Waals surface area (Å²) < 4.78 is 11.3. The molecule has 0 amide bonds. The van der Waals surface area contributed by atoms with Gasteiger partial charge in [0.2, 0.25) is 0 Å². The maximum Gasteiger partial charge on any atom is 0.190 e. The van der Waals surface area contributed by atoms with Crippen LogP contribution in [-0.4, -0.2) is 70.0 Å². The molecule has 2 N–H and O–H groups in total. The zero-order valence-electron chi connectivity index (χ0n) is 17.6. The van der Waals surface area contributed by atoms with Crippen molar-refractivity contribution in [1.82, 2.24) is 15.5 Å². The van der Waals surface area contributed by atoms with Gasteiger partial charge in [0.15, 0.2) is 5.96 Å². The number of ether oxygens (including phenoxy) is 2. The highest BCUT2D eigenvalue weighted by atomic mass is 127. The highest BCUT2D eigenvalue weighted by Crippen LogP contribution is 2.20. The van der Waals surface area contributed by atoms with Crippen molar-refractivity contribution >= 4 is 41.3 Å². The van der Waals surface area contributed by atoms with Crippen LogP contribution in [0.5, 0.6) is 0 Å². The second-order valence-corrected chi connectivity index (χ2v) is 8.77. The summed E-state index contributed by atoms with van der Waals surface area (Å²) in [6, 6.07) is 4.38. The fourth-order valence-corrected chi connectivity index (χ4v) is 4.55. The fraction of sp³-hybridized carbons (Fsp3) is 0.762. The van der Waals surface area contributed by atoms with Crippen LogP contribution in [0.15, 0.2) is 22.5 Å². The molecule has 2 saturated heterocycles. The Labute approximate surface area is 196 Å². The van der Waals surface area contributed by atoms with Crippen LogP contribution in [-0.2, 0) is 16.0 Å². The molecule has 0 saturated carbocycles. The van der Waals surface area contributed by atoms with Crippen molar-refractivity contribution in [2.75, 3.05) is 53.0 Å². The summed E-state index contributed by atoms with van der Waals surface area (Å²) in [7, 11) is 1.84. The Kier molecular flexibility index (Phi) is 12.5. The number of likely N-dealkylation sites (tertiary alicyclic amines) is 1. The highest BCUT2D eigenvalue weighted by Gasteiger charge is 2.19. The van der Waals surface area contributed by atoms with Crippen molar-refractivity contribution < 1.29 is 9.47 Å². The van der Waals surface area contributed by atoms with Crippen LogP contribution in [0.25, 0.3) is 0 Å². The number of guanidine groups is 1. The van der Waals surface area contributed by atoms with Crippen molar-refractivity contribution in [3.8, 4) is 0 Å². The highest BCUT2D eigenvalue weighted by molar-refractivity contribution is 14.0. The summed E-state index contributed by atoms with van der Waals surface area (Å²) in [6.45, 7) is 7.77. The van der Waals surface area contributed by atoms with Gasteiger partial charge in [-0.2, -0.15) is 0 Å². The third-order valence-corrected chi connectivity index (χ3v) is 6.40. The molecular weight excluding hydrogens is 499 g/mol. The van der Waals surface area contributed by atoms with E-state index in [0.29, 0.717) is 6.10 Å². The zero-order chi connectivity index (χ0) is 19.4. The minimum absolute atomic E-state index is 0. The van der Waals surface area contributed by atoms with E-state index in [9.17, 15) is 0 Å². The maximum absolute atomic E-state index is 5.71. The third-order valence-electron chi connectivity index (χ3n) is 5.53. The molecule has 0 radical (unpaired) electrons. The first kappa shape index (κ1) is 24.8. The Morgan fingerprint density at radius 3 is 2.86 bits per heavy atom. The molecule has 1 aromatic heterocycles. The first-order chi connectivity index (χ1) is 13.8. The van der Waals surface area contributed by atoms with Gasteiger partial charge in [-0.15, -0.1) is 35.3 Å². The fourth-order valence-electron chi connectivity index (χ4n) is 3.80. The average Bonchev–Trinajstić information content (AvgIpc) is 3.42. The first-order valence-corrected chi connectivity index (χ1v) is 11.6. The molecule has 166 valence electrons. The Morgan fingerprint density at radius 1 is 1.31 bits per heavy atom.